The van der Waals surface area contributed by atoms with Crippen molar-refractivity contribution in [1.29, 1.82) is 0 Å². The normalized spacial score (nSPS) is 12.5. The molecule has 0 spiro atoms. The second-order valence-corrected chi connectivity index (χ2v) is 3.86. The highest BCUT2D eigenvalue weighted by Crippen LogP contribution is 2.21. The zero-order valence-corrected chi connectivity index (χ0v) is 9.28. The van der Waals surface area contributed by atoms with E-state index in [1.807, 2.05) is 0 Å². The fourth-order valence-corrected chi connectivity index (χ4v) is 1.51. The Morgan fingerprint density at radius 2 is 2.11 bits per heavy atom. The third-order valence-electron chi connectivity index (χ3n) is 2.40. The number of imidazole rings is 1. The summed E-state index contributed by atoms with van der Waals surface area (Å²) in [5, 5.41) is 2.28. The fraction of sp³-hybridized carbons (Fsp3) is 0.364. The van der Waals surface area contributed by atoms with E-state index in [-0.39, 0.29) is 6.54 Å². The zero-order valence-electron chi connectivity index (χ0n) is 9.28. The van der Waals surface area contributed by atoms with E-state index in [9.17, 15) is 17.6 Å². The highest BCUT2D eigenvalue weighted by molar-refractivity contribution is 5.39. The maximum absolute atomic E-state index is 12.6. The van der Waals surface area contributed by atoms with Crippen LogP contribution in [0.2, 0.25) is 0 Å². The topological polar surface area (TPSA) is 29.3 Å². The van der Waals surface area contributed by atoms with E-state index in [1.54, 1.807) is 35.0 Å². The molecular formula is C11H11F4N3. The minimum atomic E-state index is -4.01. The Kier molecular flexibility index (Phi) is 3.51. The molecule has 0 saturated heterocycles. The maximum Gasteiger partial charge on any atom is 0.319 e. The Hall–Kier alpha value is -1.63. The zero-order chi connectivity index (χ0) is 13.2. The molecule has 0 aliphatic heterocycles. The van der Waals surface area contributed by atoms with Crippen LogP contribution in [0.3, 0.4) is 0 Å². The largest absolute Gasteiger partial charge is 0.319 e. The summed E-state index contributed by atoms with van der Waals surface area (Å²) < 4.78 is 50.7. The second-order valence-electron chi connectivity index (χ2n) is 3.86. The van der Waals surface area contributed by atoms with Crippen LogP contribution in [-0.2, 0) is 6.54 Å². The quantitative estimate of drug-likeness (QED) is 0.837. The molecule has 2 rings (SSSR count). The number of hydrogen-bond acceptors (Lipinski definition) is 2. The van der Waals surface area contributed by atoms with Gasteiger partial charge in [0.2, 0.25) is 0 Å². The maximum atomic E-state index is 12.6. The van der Waals surface area contributed by atoms with Gasteiger partial charge in [0.15, 0.2) is 0 Å². The molecule has 0 saturated carbocycles. The number of rotatable bonds is 5. The molecule has 2 heterocycles. The monoisotopic (exact) mass is 261 g/mol. The van der Waals surface area contributed by atoms with Gasteiger partial charge in [-0.05, 0) is 12.1 Å². The molecule has 0 radical (unpaired) electrons. The molecule has 0 aliphatic carbocycles. The lowest BCUT2D eigenvalue weighted by Gasteiger charge is -2.15. The van der Waals surface area contributed by atoms with Gasteiger partial charge in [0.1, 0.15) is 5.65 Å². The van der Waals surface area contributed by atoms with Crippen LogP contribution in [0.5, 0.6) is 0 Å². The van der Waals surface area contributed by atoms with Crippen LogP contribution in [0.4, 0.5) is 17.6 Å². The third-order valence-corrected chi connectivity index (χ3v) is 2.40. The summed E-state index contributed by atoms with van der Waals surface area (Å²) in [5.41, 5.74) is 1.20. The molecule has 0 unspecified atom stereocenters. The summed E-state index contributed by atoms with van der Waals surface area (Å²) in [6.07, 6.45) is -0.242. The lowest BCUT2D eigenvalue weighted by Crippen LogP contribution is -2.38. The summed E-state index contributed by atoms with van der Waals surface area (Å²) in [6, 6.07) is 5.36. The molecule has 0 atom stereocenters. The number of hydrogen-bond donors (Lipinski definition) is 1. The second kappa shape index (κ2) is 4.93. The molecule has 3 nitrogen and oxygen atoms in total. The van der Waals surface area contributed by atoms with E-state index in [2.05, 4.69) is 10.3 Å². The van der Waals surface area contributed by atoms with Crippen LogP contribution in [0.15, 0.2) is 30.6 Å². The standard InChI is InChI=1S/C11H11F4N3/c12-10(13)11(14,15)7-16-5-8-6-18-4-2-1-3-9(18)17-8/h1-4,6,10,16H,5,7H2. The SMILES string of the molecule is FC(F)C(F)(F)CNCc1cn2ccccc2n1. The molecule has 18 heavy (non-hydrogen) atoms. The molecule has 2 aromatic rings. The number of aromatic nitrogens is 2. The molecule has 0 fully saturated rings. The lowest BCUT2D eigenvalue weighted by atomic mass is 10.3. The molecule has 7 heteroatoms. The summed E-state index contributed by atoms with van der Waals surface area (Å²) in [6.45, 7) is -1.05. The van der Waals surface area contributed by atoms with Crippen molar-refractivity contribution in [1.82, 2.24) is 14.7 Å². The van der Waals surface area contributed by atoms with Crippen molar-refractivity contribution in [3.8, 4) is 0 Å². The summed E-state index contributed by atoms with van der Waals surface area (Å²) in [7, 11) is 0. The van der Waals surface area contributed by atoms with E-state index in [0.717, 1.165) is 0 Å². The van der Waals surface area contributed by atoms with Gasteiger partial charge >= 0.3 is 12.3 Å². The minimum Gasteiger partial charge on any atom is -0.307 e. The van der Waals surface area contributed by atoms with Gasteiger partial charge in [-0.3, -0.25) is 0 Å². The Morgan fingerprint density at radius 1 is 1.33 bits per heavy atom. The average Bonchev–Trinajstić information content (AvgIpc) is 2.70. The van der Waals surface area contributed by atoms with E-state index in [4.69, 9.17) is 0 Å². The lowest BCUT2D eigenvalue weighted by molar-refractivity contribution is -0.125. The van der Waals surface area contributed by atoms with Crippen LogP contribution >= 0.6 is 0 Å². The molecule has 2 aromatic heterocycles. The van der Waals surface area contributed by atoms with Crippen molar-refractivity contribution in [2.45, 2.75) is 18.9 Å². The van der Waals surface area contributed by atoms with Crippen molar-refractivity contribution in [3.05, 3.63) is 36.3 Å². The Labute approximate surface area is 100 Å². The highest BCUT2D eigenvalue weighted by Gasteiger charge is 2.39. The third kappa shape index (κ3) is 2.79. The predicted molar refractivity (Wildman–Crippen MR) is 57.8 cm³/mol. The summed E-state index contributed by atoms with van der Waals surface area (Å²) >= 11 is 0. The van der Waals surface area contributed by atoms with E-state index in [0.29, 0.717) is 11.3 Å². The van der Waals surface area contributed by atoms with Crippen molar-refractivity contribution in [2.24, 2.45) is 0 Å². The first-order valence-electron chi connectivity index (χ1n) is 5.28. The van der Waals surface area contributed by atoms with Gasteiger partial charge in [-0.2, -0.15) is 8.78 Å². The van der Waals surface area contributed by atoms with Gasteiger partial charge in [0, 0.05) is 18.9 Å². The van der Waals surface area contributed by atoms with Gasteiger partial charge in [0.25, 0.3) is 0 Å². The van der Waals surface area contributed by atoms with E-state index < -0.39 is 18.9 Å². The van der Waals surface area contributed by atoms with Gasteiger partial charge in [-0.1, -0.05) is 6.07 Å². The number of nitrogens with zero attached hydrogens (tertiary/aromatic N) is 2. The van der Waals surface area contributed by atoms with Crippen molar-refractivity contribution >= 4 is 5.65 Å². The Morgan fingerprint density at radius 3 is 2.78 bits per heavy atom. The number of fused-ring (bicyclic) bond motifs is 1. The molecule has 0 aromatic carbocycles. The van der Waals surface area contributed by atoms with Crippen LogP contribution in [0, 0.1) is 0 Å². The molecular weight excluding hydrogens is 250 g/mol. The Bertz CT molecular complexity index is 491. The molecule has 0 bridgehead atoms. The number of nitrogens with one attached hydrogen (secondary N) is 1. The van der Waals surface area contributed by atoms with Crippen LogP contribution in [0.25, 0.3) is 5.65 Å². The van der Waals surface area contributed by atoms with Crippen LogP contribution in [-0.4, -0.2) is 28.3 Å². The molecule has 0 aliphatic rings. The van der Waals surface area contributed by atoms with Crippen LogP contribution < -0.4 is 5.32 Å². The summed E-state index contributed by atoms with van der Waals surface area (Å²) in [5.74, 6) is -4.01. The van der Waals surface area contributed by atoms with Gasteiger partial charge in [-0.25, -0.2) is 13.8 Å². The van der Waals surface area contributed by atoms with Crippen molar-refractivity contribution < 1.29 is 17.6 Å². The number of halogens is 4. The molecule has 98 valence electrons. The van der Waals surface area contributed by atoms with Crippen molar-refractivity contribution in [2.75, 3.05) is 6.54 Å². The molecule has 0 amide bonds. The van der Waals surface area contributed by atoms with Gasteiger partial charge < -0.3 is 9.72 Å². The highest BCUT2D eigenvalue weighted by atomic mass is 19.3. The average molecular weight is 261 g/mol. The van der Waals surface area contributed by atoms with Crippen LogP contribution in [0.1, 0.15) is 5.69 Å². The van der Waals surface area contributed by atoms with Gasteiger partial charge in [-0.15, -0.1) is 0 Å². The first kappa shape index (κ1) is 12.8. The smallest absolute Gasteiger partial charge is 0.307 e. The van der Waals surface area contributed by atoms with E-state index >= 15 is 0 Å². The summed E-state index contributed by atoms with van der Waals surface area (Å²) in [4.78, 5) is 4.15. The first-order chi connectivity index (χ1) is 8.49. The Balaban J connectivity index is 1.94. The molecule has 1 N–H and O–H groups in total. The first-order valence-corrected chi connectivity index (χ1v) is 5.28. The fourth-order valence-electron chi connectivity index (χ4n) is 1.51. The number of alkyl halides is 4. The predicted octanol–water partition coefficient (Wildman–Crippen LogP) is 2.32. The van der Waals surface area contributed by atoms with Gasteiger partial charge in [0.05, 0.1) is 12.2 Å². The number of pyridine rings is 1. The minimum absolute atomic E-state index is 0.0178. The van der Waals surface area contributed by atoms with Crippen molar-refractivity contribution in [3.63, 3.8) is 0 Å². The van der Waals surface area contributed by atoms with E-state index in [1.165, 1.54) is 0 Å².